The third-order valence-corrected chi connectivity index (χ3v) is 6.43. The summed E-state index contributed by atoms with van der Waals surface area (Å²) in [5, 5.41) is 8.93. The summed E-state index contributed by atoms with van der Waals surface area (Å²) in [6, 6.07) is 15.2. The smallest absolute Gasteiger partial charge is 0.451 e. The number of carbonyl (C=O) groups excluding carboxylic acids is 2. The Morgan fingerprint density at radius 1 is 1.10 bits per heavy atom. The third kappa shape index (κ3) is 6.19. The molecule has 0 aliphatic carbocycles. The van der Waals surface area contributed by atoms with Crippen LogP contribution in [0.5, 0.6) is 0 Å². The summed E-state index contributed by atoms with van der Waals surface area (Å²) < 4.78 is 45.6. The van der Waals surface area contributed by atoms with E-state index in [2.05, 4.69) is 20.4 Å². The number of rotatable bonds is 7. The van der Waals surface area contributed by atoms with Crippen LogP contribution in [0.4, 0.5) is 19.0 Å². The monoisotopic (exact) mass is 559 g/mol. The molecule has 0 saturated heterocycles. The molecule has 0 unspecified atom stereocenters. The van der Waals surface area contributed by atoms with Crippen LogP contribution in [0.2, 0.25) is 5.02 Å². The van der Waals surface area contributed by atoms with Crippen LogP contribution in [-0.4, -0.2) is 47.3 Å². The molecule has 39 heavy (non-hydrogen) atoms. The van der Waals surface area contributed by atoms with Crippen molar-refractivity contribution in [3.63, 3.8) is 0 Å². The molecular formula is C27H25ClF3N5O3. The molecule has 2 heterocycles. The minimum atomic E-state index is -4.86. The lowest BCUT2D eigenvalue weighted by Gasteiger charge is -2.22. The molecule has 0 saturated carbocycles. The fourth-order valence-corrected chi connectivity index (χ4v) is 4.30. The van der Waals surface area contributed by atoms with Crippen molar-refractivity contribution in [1.29, 1.82) is 0 Å². The molecule has 4 rings (SSSR count). The molecule has 1 aromatic heterocycles. The molecule has 0 radical (unpaired) electrons. The average molecular weight is 560 g/mol. The minimum Gasteiger partial charge on any atom is -0.467 e. The Bertz CT molecular complexity index is 1380. The fourth-order valence-electron chi connectivity index (χ4n) is 4.17. The van der Waals surface area contributed by atoms with Gasteiger partial charge in [-0.2, -0.15) is 18.3 Å². The van der Waals surface area contributed by atoms with E-state index in [9.17, 15) is 22.8 Å². The Morgan fingerprint density at radius 3 is 2.36 bits per heavy atom. The normalized spacial score (nSPS) is 16.2. The van der Waals surface area contributed by atoms with Gasteiger partial charge in [0, 0.05) is 17.1 Å². The van der Waals surface area contributed by atoms with Crippen molar-refractivity contribution in [2.75, 3.05) is 18.7 Å². The average Bonchev–Trinajstić information content (AvgIpc) is 3.36. The summed E-state index contributed by atoms with van der Waals surface area (Å²) in [6.45, 7) is 3.49. The van der Waals surface area contributed by atoms with E-state index in [1.54, 1.807) is 38.1 Å². The zero-order chi connectivity index (χ0) is 28.3. The lowest BCUT2D eigenvalue weighted by Crippen LogP contribution is -2.45. The van der Waals surface area contributed by atoms with E-state index in [-0.39, 0.29) is 29.8 Å². The van der Waals surface area contributed by atoms with Crippen molar-refractivity contribution in [1.82, 2.24) is 15.3 Å². The number of carbonyl (C=O) groups is 2. The number of benzene rings is 2. The largest absolute Gasteiger partial charge is 0.467 e. The number of hydrogen-bond donors (Lipinski definition) is 1. The molecule has 0 bridgehead atoms. The second kappa shape index (κ2) is 11.4. The zero-order valence-electron chi connectivity index (χ0n) is 21.2. The number of esters is 1. The number of ether oxygens (including phenoxy) is 1. The van der Waals surface area contributed by atoms with E-state index in [1.807, 2.05) is 30.3 Å². The SMILES string of the molecule is COC(=O)[C@@H](NC(=O)c1cnc(C(F)(F)F)nc1N1C[C@@H](c2ccccc2)C(c2ccc(Cl)cc2)=N1)C(C)C. The molecule has 8 nitrogen and oxygen atoms in total. The molecular weight excluding hydrogens is 535 g/mol. The fraction of sp³-hybridized carbons (Fsp3) is 0.296. The lowest BCUT2D eigenvalue weighted by molar-refractivity contribution is -0.145. The number of hydrogen-bond acceptors (Lipinski definition) is 7. The number of aromatic nitrogens is 2. The van der Waals surface area contributed by atoms with E-state index in [1.165, 1.54) is 12.1 Å². The standard InChI is InChI=1S/C27H25ClF3N5O3/c1-15(2)21(25(38)39-3)33-24(37)19-13-32-26(27(29,30)31)34-23(19)36-14-20(16-7-5-4-6-8-16)22(35-36)17-9-11-18(28)12-10-17/h4-13,15,20-21H,14H2,1-3H3,(H,33,37)/t20-,21-/m0/s1. The van der Waals surface area contributed by atoms with Gasteiger partial charge in [0.2, 0.25) is 5.82 Å². The first kappa shape index (κ1) is 28.0. The molecule has 1 aliphatic rings. The van der Waals surface area contributed by atoms with E-state index in [4.69, 9.17) is 16.3 Å². The molecule has 204 valence electrons. The summed E-state index contributed by atoms with van der Waals surface area (Å²) >= 11 is 6.06. The van der Waals surface area contributed by atoms with Gasteiger partial charge in [-0.25, -0.2) is 19.8 Å². The van der Waals surface area contributed by atoms with Gasteiger partial charge in [0.15, 0.2) is 5.82 Å². The van der Waals surface area contributed by atoms with Gasteiger partial charge >= 0.3 is 12.1 Å². The van der Waals surface area contributed by atoms with Gasteiger partial charge < -0.3 is 10.1 Å². The number of halogens is 4. The van der Waals surface area contributed by atoms with Crippen LogP contribution < -0.4 is 10.3 Å². The molecule has 2 aromatic carbocycles. The molecule has 1 N–H and O–H groups in total. The number of methoxy groups -OCH3 is 1. The van der Waals surface area contributed by atoms with Gasteiger partial charge in [-0.1, -0.05) is 67.9 Å². The highest BCUT2D eigenvalue weighted by Crippen LogP contribution is 2.35. The molecule has 3 aromatic rings. The number of amides is 1. The van der Waals surface area contributed by atoms with E-state index in [0.717, 1.165) is 11.8 Å². The number of nitrogens with one attached hydrogen (secondary N) is 1. The van der Waals surface area contributed by atoms with Crippen LogP contribution in [0.15, 0.2) is 65.9 Å². The van der Waals surface area contributed by atoms with Crippen molar-refractivity contribution in [2.45, 2.75) is 32.0 Å². The quantitative estimate of drug-likeness (QED) is 0.405. The third-order valence-electron chi connectivity index (χ3n) is 6.18. The van der Waals surface area contributed by atoms with E-state index >= 15 is 0 Å². The van der Waals surface area contributed by atoms with Crippen LogP contribution in [0.3, 0.4) is 0 Å². The Morgan fingerprint density at radius 2 is 1.77 bits per heavy atom. The molecule has 12 heteroatoms. The Kier molecular flexibility index (Phi) is 8.19. The van der Waals surface area contributed by atoms with Crippen LogP contribution in [0.1, 0.15) is 47.1 Å². The summed E-state index contributed by atoms with van der Waals surface area (Å²) in [5.74, 6) is -4.01. The molecule has 0 spiro atoms. The van der Waals surface area contributed by atoms with Crippen LogP contribution in [0.25, 0.3) is 0 Å². The number of anilines is 1. The number of nitrogens with zero attached hydrogens (tertiary/aromatic N) is 4. The van der Waals surface area contributed by atoms with Crippen molar-refractivity contribution in [3.8, 4) is 0 Å². The van der Waals surface area contributed by atoms with Crippen molar-refractivity contribution in [2.24, 2.45) is 11.0 Å². The first-order valence-corrected chi connectivity index (χ1v) is 12.4. The second-order valence-electron chi connectivity index (χ2n) is 9.18. The summed E-state index contributed by atoms with van der Waals surface area (Å²) in [4.78, 5) is 32.6. The van der Waals surface area contributed by atoms with E-state index in [0.29, 0.717) is 16.3 Å². The van der Waals surface area contributed by atoms with Gasteiger partial charge in [0.05, 0.1) is 19.4 Å². The number of hydrazone groups is 1. The molecule has 1 aliphatic heterocycles. The zero-order valence-corrected chi connectivity index (χ0v) is 22.0. The van der Waals surface area contributed by atoms with Crippen LogP contribution in [0, 0.1) is 5.92 Å². The minimum absolute atomic E-state index is 0.0984. The maximum atomic E-state index is 13.6. The lowest BCUT2D eigenvalue weighted by atomic mass is 9.90. The Labute approximate surface area is 227 Å². The van der Waals surface area contributed by atoms with Crippen LogP contribution >= 0.6 is 11.6 Å². The van der Waals surface area contributed by atoms with Crippen LogP contribution in [-0.2, 0) is 15.7 Å². The summed E-state index contributed by atoms with van der Waals surface area (Å²) in [6.07, 6.45) is -4.07. The highest BCUT2D eigenvalue weighted by molar-refractivity contribution is 6.30. The first-order chi connectivity index (χ1) is 18.5. The Hall–Kier alpha value is -3.99. The summed E-state index contributed by atoms with van der Waals surface area (Å²) in [5.41, 5.74) is 1.87. The van der Waals surface area contributed by atoms with E-state index < -0.39 is 29.9 Å². The van der Waals surface area contributed by atoms with Crippen molar-refractivity contribution in [3.05, 3.63) is 88.3 Å². The van der Waals surface area contributed by atoms with Crippen molar-refractivity contribution >= 4 is 35.0 Å². The first-order valence-electron chi connectivity index (χ1n) is 12.0. The van der Waals surface area contributed by atoms with Gasteiger partial charge in [-0.3, -0.25) is 4.79 Å². The van der Waals surface area contributed by atoms with Gasteiger partial charge in [0.1, 0.15) is 11.6 Å². The second-order valence-corrected chi connectivity index (χ2v) is 9.62. The Balaban J connectivity index is 1.81. The van der Waals surface area contributed by atoms with Gasteiger partial charge in [-0.15, -0.1) is 0 Å². The predicted molar refractivity (Wildman–Crippen MR) is 140 cm³/mol. The highest BCUT2D eigenvalue weighted by atomic mass is 35.5. The van der Waals surface area contributed by atoms with Gasteiger partial charge in [0.25, 0.3) is 5.91 Å². The number of alkyl halides is 3. The van der Waals surface area contributed by atoms with Crippen molar-refractivity contribution < 1.29 is 27.5 Å². The maximum Gasteiger partial charge on any atom is 0.451 e. The predicted octanol–water partition coefficient (Wildman–Crippen LogP) is 5.08. The van der Waals surface area contributed by atoms with Gasteiger partial charge in [-0.05, 0) is 29.2 Å². The topological polar surface area (TPSA) is 96.8 Å². The molecule has 2 atom stereocenters. The highest BCUT2D eigenvalue weighted by Gasteiger charge is 2.39. The molecule has 0 fully saturated rings. The maximum absolute atomic E-state index is 13.6. The summed E-state index contributed by atoms with van der Waals surface area (Å²) in [7, 11) is 1.18. The molecule has 1 amide bonds.